The number of carbonyl (C=O) groups excluding carboxylic acids is 1. The second-order valence-corrected chi connectivity index (χ2v) is 5.99. The number of esters is 1. The van der Waals surface area contributed by atoms with Crippen LogP contribution in [0.15, 0.2) is 0 Å². The quantitative estimate of drug-likeness (QED) is 0.214. The van der Waals surface area contributed by atoms with E-state index in [9.17, 15) is 29.2 Å². The molecule has 0 aromatic rings. The van der Waals surface area contributed by atoms with Gasteiger partial charge in [0.2, 0.25) is 0 Å². The van der Waals surface area contributed by atoms with Gasteiger partial charge in [0.1, 0.15) is 6.10 Å². The Labute approximate surface area is 117 Å². The van der Waals surface area contributed by atoms with E-state index in [1.54, 1.807) is 0 Å². The molecule has 0 aromatic carbocycles. The minimum Gasteiger partial charge on any atom is -0.481 e. The SMILES string of the molecule is CC(OC(=O)C(O)(CC(=O)O)CC(=O)O)C(O)P(=O)(O)O. The van der Waals surface area contributed by atoms with E-state index < -0.39 is 55.9 Å². The van der Waals surface area contributed by atoms with Crippen LogP contribution in [0, 0.1) is 0 Å². The number of rotatable bonds is 8. The van der Waals surface area contributed by atoms with Crippen molar-refractivity contribution in [2.45, 2.75) is 37.3 Å². The van der Waals surface area contributed by atoms with Gasteiger partial charge >= 0.3 is 25.5 Å². The molecule has 2 unspecified atom stereocenters. The first-order valence-corrected chi connectivity index (χ1v) is 7.08. The number of aliphatic carboxylic acids is 2. The third-order valence-corrected chi connectivity index (χ3v) is 3.43. The Bertz CT molecular complexity index is 450. The molecule has 12 heteroatoms. The fourth-order valence-corrected chi connectivity index (χ4v) is 1.93. The maximum Gasteiger partial charge on any atom is 0.357 e. The lowest BCUT2D eigenvalue weighted by Gasteiger charge is -2.26. The van der Waals surface area contributed by atoms with Crippen LogP contribution >= 0.6 is 7.60 Å². The van der Waals surface area contributed by atoms with Gasteiger partial charge in [-0.3, -0.25) is 14.2 Å². The third-order valence-electron chi connectivity index (χ3n) is 2.32. The first kappa shape index (κ1) is 19.5. The molecule has 0 saturated carbocycles. The predicted molar refractivity (Wildman–Crippen MR) is 63.1 cm³/mol. The van der Waals surface area contributed by atoms with Crippen molar-refractivity contribution in [3.05, 3.63) is 0 Å². The summed E-state index contributed by atoms with van der Waals surface area (Å²) in [5.41, 5.74) is -2.93. The molecule has 2 atom stereocenters. The van der Waals surface area contributed by atoms with Crippen molar-refractivity contribution < 1.29 is 53.9 Å². The van der Waals surface area contributed by atoms with Gasteiger partial charge < -0.3 is 34.9 Å². The lowest BCUT2D eigenvalue weighted by Crippen LogP contribution is -2.46. The summed E-state index contributed by atoms with van der Waals surface area (Å²) in [6, 6.07) is 0. The van der Waals surface area contributed by atoms with Crippen LogP contribution in [0.25, 0.3) is 0 Å². The average molecular weight is 330 g/mol. The summed E-state index contributed by atoms with van der Waals surface area (Å²) >= 11 is 0. The van der Waals surface area contributed by atoms with E-state index in [1.807, 2.05) is 0 Å². The molecule has 0 aliphatic rings. The van der Waals surface area contributed by atoms with Gasteiger partial charge in [-0.25, -0.2) is 4.79 Å². The zero-order valence-electron chi connectivity index (χ0n) is 10.7. The molecule has 6 N–H and O–H groups in total. The zero-order valence-corrected chi connectivity index (χ0v) is 11.6. The molecule has 0 radical (unpaired) electrons. The van der Waals surface area contributed by atoms with E-state index in [1.165, 1.54) is 0 Å². The van der Waals surface area contributed by atoms with Gasteiger partial charge in [0.05, 0.1) is 12.8 Å². The maximum atomic E-state index is 11.6. The van der Waals surface area contributed by atoms with Gasteiger partial charge in [-0.05, 0) is 6.92 Å². The van der Waals surface area contributed by atoms with Gasteiger partial charge in [0.15, 0.2) is 11.4 Å². The van der Waals surface area contributed by atoms with Crippen molar-refractivity contribution >= 4 is 25.5 Å². The Hall–Kier alpha value is -1.52. The second-order valence-electron chi connectivity index (χ2n) is 4.29. The minimum absolute atomic E-state index is 0.879. The van der Waals surface area contributed by atoms with Crippen molar-refractivity contribution in [2.24, 2.45) is 0 Å². The summed E-state index contributed by atoms with van der Waals surface area (Å²) in [5.74, 6) is -7.52. The lowest BCUT2D eigenvalue weighted by atomic mass is 9.95. The molecule has 0 aromatic heterocycles. The molecule has 21 heavy (non-hydrogen) atoms. The van der Waals surface area contributed by atoms with Crippen LogP contribution in [-0.4, -0.2) is 65.7 Å². The number of hydrogen-bond acceptors (Lipinski definition) is 7. The summed E-state index contributed by atoms with van der Waals surface area (Å²) in [6.07, 6.45) is -4.39. The molecule has 11 nitrogen and oxygen atoms in total. The number of carboxylic acid groups (broad SMARTS) is 2. The molecule has 0 spiro atoms. The molecule has 0 amide bonds. The molecule has 0 saturated heterocycles. The summed E-state index contributed by atoms with van der Waals surface area (Å²) in [6.45, 7) is 0.879. The largest absolute Gasteiger partial charge is 0.481 e. The van der Waals surface area contributed by atoms with Crippen LogP contribution in [0.2, 0.25) is 0 Å². The highest BCUT2D eigenvalue weighted by atomic mass is 31.2. The van der Waals surface area contributed by atoms with Crippen LogP contribution in [0.3, 0.4) is 0 Å². The van der Waals surface area contributed by atoms with Crippen LogP contribution in [0.5, 0.6) is 0 Å². The Morgan fingerprint density at radius 3 is 1.81 bits per heavy atom. The predicted octanol–water partition coefficient (Wildman–Crippen LogP) is -1.91. The van der Waals surface area contributed by atoms with Crippen molar-refractivity contribution in [2.75, 3.05) is 0 Å². The Balaban J connectivity index is 5.11. The third kappa shape index (κ3) is 6.19. The number of carbonyl (C=O) groups is 3. The van der Waals surface area contributed by atoms with Crippen molar-refractivity contribution in [1.82, 2.24) is 0 Å². The second kappa shape index (κ2) is 6.96. The molecule has 0 aliphatic heterocycles. The Morgan fingerprint density at radius 2 is 1.52 bits per heavy atom. The van der Waals surface area contributed by atoms with Gasteiger partial charge in [-0.1, -0.05) is 0 Å². The smallest absolute Gasteiger partial charge is 0.357 e. The molecule has 0 aliphatic carbocycles. The number of ether oxygens (including phenoxy) is 1. The molecule has 0 rings (SSSR count). The van der Waals surface area contributed by atoms with Gasteiger partial charge in [0, 0.05) is 0 Å². The van der Waals surface area contributed by atoms with Crippen LogP contribution in [0.4, 0.5) is 0 Å². The first-order chi connectivity index (χ1) is 9.29. The average Bonchev–Trinajstić information content (AvgIpc) is 2.23. The molecular weight excluding hydrogens is 315 g/mol. The molecule has 0 heterocycles. The first-order valence-electron chi connectivity index (χ1n) is 5.40. The molecule has 0 fully saturated rings. The fraction of sp³-hybridized carbons (Fsp3) is 0.667. The topological polar surface area (TPSA) is 199 Å². The van der Waals surface area contributed by atoms with E-state index in [-0.39, 0.29) is 0 Å². The van der Waals surface area contributed by atoms with E-state index in [0.717, 1.165) is 6.92 Å². The van der Waals surface area contributed by atoms with Crippen molar-refractivity contribution in [3.63, 3.8) is 0 Å². The van der Waals surface area contributed by atoms with Gasteiger partial charge in [-0.15, -0.1) is 0 Å². The highest BCUT2D eigenvalue weighted by Gasteiger charge is 2.45. The highest BCUT2D eigenvalue weighted by Crippen LogP contribution is 2.42. The molecule has 122 valence electrons. The lowest BCUT2D eigenvalue weighted by molar-refractivity contribution is -0.181. The minimum atomic E-state index is -5.01. The summed E-state index contributed by atoms with van der Waals surface area (Å²) in [4.78, 5) is 50.1. The Kier molecular flexibility index (Phi) is 6.46. The summed E-state index contributed by atoms with van der Waals surface area (Å²) < 4.78 is 15.1. The highest BCUT2D eigenvalue weighted by molar-refractivity contribution is 7.52. The normalized spacial score (nSPS) is 15.1. The molecular formula is C9H15O11P. The number of carboxylic acids is 2. The van der Waals surface area contributed by atoms with Crippen molar-refractivity contribution in [3.8, 4) is 0 Å². The van der Waals surface area contributed by atoms with E-state index >= 15 is 0 Å². The van der Waals surface area contributed by atoms with Crippen LogP contribution in [-0.2, 0) is 23.7 Å². The van der Waals surface area contributed by atoms with E-state index in [2.05, 4.69) is 4.74 Å². The standard InChI is InChI=1S/C9H15O11P/c1-4(7(14)21(17,18)19)20-8(15)9(16,2-5(10)11)3-6(12)13/h4,7,14,16H,2-3H2,1H3,(H,10,11)(H,12,13)(H2,17,18,19). The van der Waals surface area contributed by atoms with Crippen LogP contribution < -0.4 is 0 Å². The van der Waals surface area contributed by atoms with Crippen LogP contribution in [0.1, 0.15) is 19.8 Å². The van der Waals surface area contributed by atoms with Crippen molar-refractivity contribution in [1.29, 1.82) is 0 Å². The Morgan fingerprint density at radius 1 is 1.14 bits per heavy atom. The zero-order chi connectivity index (χ0) is 17.0. The maximum absolute atomic E-state index is 11.6. The van der Waals surface area contributed by atoms with Gasteiger partial charge in [0.25, 0.3) is 0 Å². The van der Waals surface area contributed by atoms with E-state index in [4.69, 9.17) is 20.0 Å². The number of hydrogen-bond donors (Lipinski definition) is 6. The summed E-state index contributed by atoms with van der Waals surface area (Å²) in [7, 11) is -5.01. The fourth-order valence-electron chi connectivity index (χ4n) is 1.32. The molecule has 0 bridgehead atoms. The van der Waals surface area contributed by atoms with Gasteiger partial charge in [-0.2, -0.15) is 0 Å². The number of aliphatic hydroxyl groups is 2. The summed E-state index contributed by atoms with van der Waals surface area (Å²) in [5, 5.41) is 36.0. The monoisotopic (exact) mass is 330 g/mol. The number of aliphatic hydroxyl groups excluding tert-OH is 1. The van der Waals surface area contributed by atoms with E-state index in [0.29, 0.717) is 0 Å².